The average molecular weight is 247 g/mol. The summed E-state index contributed by atoms with van der Waals surface area (Å²) in [5.41, 5.74) is 0.934. The summed E-state index contributed by atoms with van der Waals surface area (Å²) in [6.45, 7) is 4.49. The molecule has 18 heavy (non-hydrogen) atoms. The third kappa shape index (κ3) is 3.12. The zero-order valence-electron chi connectivity index (χ0n) is 11.0. The number of benzene rings is 1. The second-order valence-electron chi connectivity index (χ2n) is 4.84. The van der Waals surface area contributed by atoms with Gasteiger partial charge in [-0.15, -0.1) is 0 Å². The molecule has 1 aromatic carbocycles. The van der Waals surface area contributed by atoms with E-state index < -0.39 is 0 Å². The first-order valence-corrected chi connectivity index (χ1v) is 6.56. The molecule has 3 nitrogen and oxygen atoms in total. The molecule has 3 heteroatoms. The van der Waals surface area contributed by atoms with E-state index >= 15 is 0 Å². The lowest BCUT2D eigenvalue weighted by Crippen LogP contribution is -2.28. The first-order chi connectivity index (χ1) is 8.70. The SMILES string of the molecule is CC(CCCO)NC(C)c1cc2ccccc2o1. The van der Waals surface area contributed by atoms with Crippen molar-refractivity contribution in [2.24, 2.45) is 0 Å². The van der Waals surface area contributed by atoms with E-state index in [0.29, 0.717) is 6.04 Å². The maximum absolute atomic E-state index is 8.82. The number of hydrogen-bond acceptors (Lipinski definition) is 3. The molecule has 2 atom stereocenters. The third-order valence-corrected chi connectivity index (χ3v) is 3.20. The van der Waals surface area contributed by atoms with Crippen molar-refractivity contribution in [2.45, 2.75) is 38.8 Å². The van der Waals surface area contributed by atoms with Crippen molar-refractivity contribution in [1.29, 1.82) is 0 Å². The Bertz CT molecular complexity index is 459. The fraction of sp³-hybridized carbons (Fsp3) is 0.467. The number of fused-ring (bicyclic) bond motifs is 1. The van der Waals surface area contributed by atoms with Gasteiger partial charge in [0.15, 0.2) is 0 Å². The highest BCUT2D eigenvalue weighted by Crippen LogP contribution is 2.23. The summed E-state index contributed by atoms with van der Waals surface area (Å²) >= 11 is 0. The molecular weight excluding hydrogens is 226 g/mol. The normalized spacial score (nSPS) is 14.8. The number of para-hydroxylation sites is 1. The minimum Gasteiger partial charge on any atom is -0.459 e. The van der Waals surface area contributed by atoms with Gasteiger partial charge < -0.3 is 14.8 Å². The van der Waals surface area contributed by atoms with Crippen LogP contribution in [0.5, 0.6) is 0 Å². The molecule has 2 rings (SSSR count). The van der Waals surface area contributed by atoms with Gasteiger partial charge in [-0.1, -0.05) is 18.2 Å². The highest BCUT2D eigenvalue weighted by atomic mass is 16.3. The molecular formula is C15H21NO2. The molecule has 0 fully saturated rings. The zero-order chi connectivity index (χ0) is 13.0. The average Bonchev–Trinajstić information content (AvgIpc) is 2.80. The van der Waals surface area contributed by atoms with Crippen molar-refractivity contribution in [3.8, 4) is 0 Å². The van der Waals surface area contributed by atoms with E-state index in [1.54, 1.807) is 0 Å². The first-order valence-electron chi connectivity index (χ1n) is 6.56. The second kappa shape index (κ2) is 6.03. The molecule has 0 spiro atoms. The Morgan fingerprint density at radius 3 is 2.78 bits per heavy atom. The first kappa shape index (κ1) is 13.1. The molecule has 0 saturated heterocycles. The van der Waals surface area contributed by atoms with Crippen molar-refractivity contribution >= 4 is 11.0 Å². The molecule has 2 unspecified atom stereocenters. The number of furan rings is 1. The van der Waals surface area contributed by atoms with E-state index in [2.05, 4.69) is 31.3 Å². The zero-order valence-corrected chi connectivity index (χ0v) is 11.0. The summed E-state index contributed by atoms with van der Waals surface area (Å²) < 4.78 is 5.82. The molecule has 0 saturated carbocycles. The van der Waals surface area contributed by atoms with Crippen LogP contribution in [0, 0.1) is 0 Å². The Labute approximate surface area is 108 Å². The summed E-state index contributed by atoms with van der Waals surface area (Å²) in [5, 5.41) is 13.4. The van der Waals surface area contributed by atoms with Crippen LogP contribution in [0.1, 0.15) is 38.5 Å². The molecule has 2 aromatic rings. The van der Waals surface area contributed by atoms with Gasteiger partial charge in [0.05, 0.1) is 6.04 Å². The number of hydrogen-bond donors (Lipinski definition) is 2. The minimum absolute atomic E-state index is 0.186. The summed E-state index contributed by atoms with van der Waals surface area (Å²) in [4.78, 5) is 0. The van der Waals surface area contributed by atoms with Crippen LogP contribution in [0.3, 0.4) is 0 Å². The van der Waals surface area contributed by atoms with Gasteiger partial charge in [-0.05, 0) is 38.8 Å². The number of rotatable bonds is 6. The van der Waals surface area contributed by atoms with Crippen molar-refractivity contribution < 1.29 is 9.52 Å². The smallest absolute Gasteiger partial charge is 0.134 e. The molecule has 0 radical (unpaired) electrons. The van der Waals surface area contributed by atoms with Gasteiger partial charge in [-0.25, -0.2) is 0 Å². The van der Waals surface area contributed by atoms with Crippen molar-refractivity contribution in [1.82, 2.24) is 5.32 Å². The lowest BCUT2D eigenvalue weighted by Gasteiger charge is -2.17. The molecule has 0 bridgehead atoms. The van der Waals surface area contributed by atoms with Crippen LogP contribution < -0.4 is 5.32 Å². The molecule has 0 aliphatic heterocycles. The Morgan fingerprint density at radius 2 is 2.06 bits per heavy atom. The van der Waals surface area contributed by atoms with Gasteiger partial charge in [0, 0.05) is 18.0 Å². The molecule has 2 N–H and O–H groups in total. The van der Waals surface area contributed by atoms with Crippen LogP contribution in [0.15, 0.2) is 34.7 Å². The highest BCUT2D eigenvalue weighted by molar-refractivity contribution is 5.77. The Morgan fingerprint density at radius 1 is 1.28 bits per heavy atom. The summed E-state index contributed by atoms with van der Waals surface area (Å²) in [7, 11) is 0. The van der Waals surface area contributed by atoms with Crippen LogP contribution in [-0.2, 0) is 0 Å². The number of aliphatic hydroxyl groups is 1. The lowest BCUT2D eigenvalue weighted by molar-refractivity contribution is 0.273. The maximum Gasteiger partial charge on any atom is 0.134 e. The quantitative estimate of drug-likeness (QED) is 0.823. The van der Waals surface area contributed by atoms with Gasteiger partial charge >= 0.3 is 0 Å². The summed E-state index contributed by atoms with van der Waals surface area (Å²) in [5.74, 6) is 0.965. The fourth-order valence-corrected chi connectivity index (χ4v) is 2.21. The fourth-order valence-electron chi connectivity index (χ4n) is 2.21. The van der Waals surface area contributed by atoms with E-state index in [-0.39, 0.29) is 12.6 Å². The maximum atomic E-state index is 8.82. The standard InChI is InChI=1S/C15H21NO2/c1-11(6-5-9-17)16-12(2)15-10-13-7-3-4-8-14(13)18-15/h3-4,7-8,10-12,16-17H,5-6,9H2,1-2H3. The molecule has 1 aromatic heterocycles. The highest BCUT2D eigenvalue weighted by Gasteiger charge is 2.13. The summed E-state index contributed by atoms with van der Waals surface area (Å²) in [6, 6.07) is 10.7. The molecule has 1 heterocycles. The Balaban J connectivity index is 2.01. The largest absolute Gasteiger partial charge is 0.459 e. The lowest BCUT2D eigenvalue weighted by atomic mass is 10.1. The minimum atomic E-state index is 0.186. The second-order valence-corrected chi connectivity index (χ2v) is 4.84. The van der Waals surface area contributed by atoms with Crippen LogP contribution in [0.25, 0.3) is 11.0 Å². The van der Waals surface area contributed by atoms with E-state index in [9.17, 15) is 0 Å². The van der Waals surface area contributed by atoms with Crippen molar-refractivity contribution in [3.63, 3.8) is 0 Å². The van der Waals surface area contributed by atoms with Gasteiger partial charge in [-0.3, -0.25) is 0 Å². The predicted molar refractivity (Wildman–Crippen MR) is 73.5 cm³/mol. The van der Waals surface area contributed by atoms with Gasteiger partial charge in [-0.2, -0.15) is 0 Å². The molecule has 0 aliphatic rings. The Hall–Kier alpha value is -1.32. The predicted octanol–water partition coefficient (Wildman–Crippen LogP) is 3.24. The van der Waals surface area contributed by atoms with Gasteiger partial charge in [0.2, 0.25) is 0 Å². The number of aliphatic hydroxyl groups excluding tert-OH is 1. The molecule has 0 amide bonds. The third-order valence-electron chi connectivity index (χ3n) is 3.20. The van der Waals surface area contributed by atoms with E-state index in [1.165, 1.54) is 0 Å². The summed E-state index contributed by atoms with van der Waals surface area (Å²) in [6.07, 6.45) is 1.81. The van der Waals surface area contributed by atoms with Crippen molar-refractivity contribution in [3.05, 3.63) is 36.1 Å². The van der Waals surface area contributed by atoms with Crippen LogP contribution >= 0.6 is 0 Å². The molecule has 98 valence electrons. The van der Waals surface area contributed by atoms with Crippen LogP contribution in [0.2, 0.25) is 0 Å². The topological polar surface area (TPSA) is 45.4 Å². The van der Waals surface area contributed by atoms with Crippen LogP contribution in [0.4, 0.5) is 0 Å². The van der Waals surface area contributed by atoms with Gasteiger partial charge in [0.25, 0.3) is 0 Å². The van der Waals surface area contributed by atoms with E-state index in [0.717, 1.165) is 29.6 Å². The van der Waals surface area contributed by atoms with E-state index in [1.807, 2.05) is 18.2 Å². The van der Waals surface area contributed by atoms with Gasteiger partial charge in [0.1, 0.15) is 11.3 Å². The molecule has 0 aliphatic carbocycles. The Kier molecular flexibility index (Phi) is 4.39. The monoisotopic (exact) mass is 247 g/mol. The van der Waals surface area contributed by atoms with E-state index in [4.69, 9.17) is 9.52 Å². The number of nitrogens with one attached hydrogen (secondary N) is 1. The van der Waals surface area contributed by atoms with Crippen molar-refractivity contribution in [2.75, 3.05) is 6.61 Å². The van der Waals surface area contributed by atoms with Crippen LogP contribution in [-0.4, -0.2) is 17.8 Å².